The summed E-state index contributed by atoms with van der Waals surface area (Å²) in [6.45, 7) is 5.96. The summed E-state index contributed by atoms with van der Waals surface area (Å²) in [6, 6.07) is 15.1. The Balaban J connectivity index is 1.12. The van der Waals surface area contributed by atoms with E-state index in [9.17, 15) is 4.79 Å². The molecule has 0 bridgehead atoms. The van der Waals surface area contributed by atoms with Crippen LogP contribution in [-0.4, -0.2) is 46.6 Å². The second kappa shape index (κ2) is 9.93. The molecule has 34 heavy (non-hydrogen) atoms. The van der Waals surface area contributed by atoms with Crippen LogP contribution in [0.15, 0.2) is 67.1 Å². The first-order valence-corrected chi connectivity index (χ1v) is 11.4. The van der Waals surface area contributed by atoms with Gasteiger partial charge < -0.3 is 24.1 Å². The Bertz CT molecular complexity index is 1260. The van der Waals surface area contributed by atoms with Crippen molar-refractivity contribution in [1.29, 1.82) is 0 Å². The Kier molecular flexibility index (Phi) is 6.40. The van der Waals surface area contributed by atoms with Crippen LogP contribution in [0, 0.1) is 6.92 Å². The van der Waals surface area contributed by atoms with Gasteiger partial charge in [0.1, 0.15) is 23.8 Å². The van der Waals surface area contributed by atoms with Gasteiger partial charge in [-0.05, 0) is 54.4 Å². The van der Waals surface area contributed by atoms with Crippen molar-refractivity contribution < 1.29 is 14.3 Å². The Hall–Kier alpha value is -3.91. The zero-order valence-corrected chi connectivity index (χ0v) is 19.1. The number of fused-ring (bicyclic) bond motifs is 1. The van der Waals surface area contributed by atoms with Crippen LogP contribution in [0.25, 0.3) is 5.65 Å². The highest BCUT2D eigenvalue weighted by molar-refractivity contribution is 5.94. The van der Waals surface area contributed by atoms with E-state index in [0.717, 1.165) is 54.6 Å². The molecule has 4 aromatic rings. The second-order valence-electron chi connectivity index (χ2n) is 8.27. The van der Waals surface area contributed by atoms with E-state index in [1.807, 2.05) is 54.2 Å². The first-order valence-electron chi connectivity index (χ1n) is 11.4. The zero-order chi connectivity index (χ0) is 23.3. The Labute approximate surface area is 198 Å². The SMILES string of the molecule is Cc1cccn2cc(COc3ccc(C(=O)NCc4ccc(N5CCOCC5)nc4)cc3)nc12. The molecule has 0 unspecified atom stereocenters. The average Bonchev–Trinajstić information content (AvgIpc) is 3.32. The lowest BCUT2D eigenvalue weighted by molar-refractivity contribution is 0.0951. The van der Waals surface area contributed by atoms with E-state index in [1.165, 1.54) is 0 Å². The number of rotatable bonds is 7. The molecule has 8 nitrogen and oxygen atoms in total. The number of carbonyl (C=O) groups excluding carboxylic acids is 1. The van der Waals surface area contributed by atoms with Gasteiger partial charge in [-0.3, -0.25) is 4.79 Å². The lowest BCUT2D eigenvalue weighted by atomic mass is 10.2. The van der Waals surface area contributed by atoms with Crippen molar-refractivity contribution in [2.45, 2.75) is 20.1 Å². The molecule has 0 spiro atoms. The van der Waals surface area contributed by atoms with Gasteiger partial charge in [-0.2, -0.15) is 0 Å². The topological polar surface area (TPSA) is 81.0 Å². The third-order valence-corrected chi connectivity index (χ3v) is 5.83. The van der Waals surface area contributed by atoms with E-state index in [-0.39, 0.29) is 5.91 Å². The van der Waals surface area contributed by atoms with Crippen LogP contribution < -0.4 is 15.0 Å². The highest BCUT2D eigenvalue weighted by Crippen LogP contribution is 2.16. The molecular formula is C26H27N5O3. The Morgan fingerprint density at radius 1 is 1.12 bits per heavy atom. The fourth-order valence-electron chi connectivity index (χ4n) is 3.92. The van der Waals surface area contributed by atoms with Crippen molar-refractivity contribution in [3.05, 3.63) is 89.5 Å². The molecule has 0 saturated carbocycles. The third-order valence-electron chi connectivity index (χ3n) is 5.83. The molecule has 0 radical (unpaired) electrons. The van der Waals surface area contributed by atoms with Gasteiger partial charge in [0.2, 0.25) is 0 Å². The van der Waals surface area contributed by atoms with E-state index in [4.69, 9.17) is 9.47 Å². The molecule has 5 rings (SSSR count). The number of aromatic nitrogens is 3. The number of aryl methyl sites for hydroxylation is 1. The molecule has 1 aliphatic heterocycles. The highest BCUT2D eigenvalue weighted by atomic mass is 16.5. The summed E-state index contributed by atoms with van der Waals surface area (Å²) in [6.07, 6.45) is 5.75. The minimum absolute atomic E-state index is 0.139. The van der Waals surface area contributed by atoms with Crippen molar-refractivity contribution in [2.24, 2.45) is 0 Å². The highest BCUT2D eigenvalue weighted by Gasteiger charge is 2.12. The number of morpholine rings is 1. The minimum Gasteiger partial charge on any atom is -0.487 e. The van der Waals surface area contributed by atoms with Gasteiger partial charge in [-0.25, -0.2) is 9.97 Å². The van der Waals surface area contributed by atoms with Gasteiger partial charge in [-0.15, -0.1) is 0 Å². The summed E-state index contributed by atoms with van der Waals surface area (Å²) in [5.74, 6) is 1.49. The Morgan fingerprint density at radius 2 is 1.94 bits per heavy atom. The van der Waals surface area contributed by atoms with E-state index in [0.29, 0.717) is 24.5 Å². The minimum atomic E-state index is -0.139. The molecule has 8 heteroatoms. The molecule has 1 fully saturated rings. The normalized spacial score (nSPS) is 13.7. The predicted molar refractivity (Wildman–Crippen MR) is 129 cm³/mol. The first-order chi connectivity index (χ1) is 16.7. The molecule has 1 saturated heterocycles. The molecule has 3 aromatic heterocycles. The smallest absolute Gasteiger partial charge is 0.251 e. The van der Waals surface area contributed by atoms with E-state index < -0.39 is 0 Å². The summed E-state index contributed by atoms with van der Waals surface area (Å²) >= 11 is 0. The van der Waals surface area contributed by atoms with Crippen LogP contribution in [0.4, 0.5) is 5.82 Å². The summed E-state index contributed by atoms with van der Waals surface area (Å²) in [5.41, 5.74) is 4.43. The quantitative estimate of drug-likeness (QED) is 0.458. The largest absolute Gasteiger partial charge is 0.487 e. The van der Waals surface area contributed by atoms with Crippen molar-refractivity contribution in [2.75, 3.05) is 31.2 Å². The number of amides is 1. The van der Waals surface area contributed by atoms with Gasteiger partial charge in [-0.1, -0.05) is 12.1 Å². The van der Waals surface area contributed by atoms with Crippen molar-refractivity contribution in [3.63, 3.8) is 0 Å². The molecule has 1 amide bonds. The molecule has 0 aliphatic carbocycles. The van der Waals surface area contributed by atoms with Crippen molar-refractivity contribution >= 4 is 17.4 Å². The number of imidazole rings is 1. The number of anilines is 1. The zero-order valence-electron chi connectivity index (χ0n) is 19.1. The number of benzene rings is 1. The van der Waals surface area contributed by atoms with E-state index >= 15 is 0 Å². The molecule has 4 heterocycles. The summed E-state index contributed by atoms with van der Waals surface area (Å²) in [5, 5.41) is 2.95. The molecule has 174 valence electrons. The fraction of sp³-hybridized carbons (Fsp3) is 0.269. The maximum atomic E-state index is 12.5. The standard InChI is InChI=1S/C26H27N5O3/c1-19-3-2-10-31-17-22(29-25(19)31)18-34-23-7-5-21(6-8-23)26(32)28-16-20-4-9-24(27-15-20)30-11-13-33-14-12-30/h2-10,15,17H,11-14,16,18H2,1H3,(H,28,32). The molecule has 1 aromatic carbocycles. The molecule has 0 atom stereocenters. The number of hydrogen-bond donors (Lipinski definition) is 1. The molecular weight excluding hydrogens is 430 g/mol. The second-order valence-corrected chi connectivity index (χ2v) is 8.27. The van der Waals surface area contributed by atoms with Crippen LogP contribution in [0.1, 0.15) is 27.2 Å². The van der Waals surface area contributed by atoms with Gasteiger partial charge in [0.25, 0.3) is 5.91 Å². The summed E-state index contributed by atoms with van der Waals surface area (Å²) < 4.78 is 13.2. The maximum Gasteiger partial charge on any atom is 0.251 e. The van der Waals surface area contributed by atoms with Crippen LogP contribution in [0.5, 0.6) is 5.75 Å². The molecule has 1 N–H and O–H groups in total. The van der Waals surface area contributed by atoms with Crippen LogP contribution in [-0.2, 0) is 17.9 Å². The lowest BCUT2D eigenvalue weighted by Gasteiger charge is -2.27. The summed E-state index contributed by atoms with van der Waals surface area (Å²) in [7, 11) is 0. The van der Waals surface area contributed by atoms with Crippen molar-refractivity contribution in [1.82, 2.24) is 19.7 Å². The first kappa shape index (κ1) is 21.9. The maximum absolute atomic E-state index is 12.5. The van der Waals surface area contributed by atoms with Crippen LogP contribution >= 0.6 is 0 Å². The van der Waals surface area contributed by atoms with Gasteiger partial charge in [0.05, 0.1) is 18.9 Å². The number of carbonyl (C=O) groups is 1. The number of pyridine rings is 2. The lowest BCUT2D eigenvalue weighted by Crippen LogP contribution is -2.36. The Morgan fingerprint density at radius 3 is 2.68 bits per heavy atom. The third kappa shape index (κ3) is 5.02. The average molecular weight is 458 g/mol. The number of nitrogens with one attached hydrogen (secondary N) is 1. The van der Waals surface area contributed by atoms with Crippen LogP contribution in [0.2, 0.25) is 0 Å². The van der Waals surface area contributed by atoms with Crippen molar-refractivity contribution in [3.8, 4) is 5.75 Å². The number of hydrogen-bond acceptors (Lipinski definition) is 6. The van der Waals surface area contributed by atoms with Gasteiger partial charge >= 0.3 is 0 Å². The summed E-state index contributed by atoms with van der Waals surface area (Å²) in [4.78, 5) is 23.9. The van der Waals surface area contributed by atoms with E-state index in [1.54, 1.807) is 24.3 Å². The fourth-order valence-corrected chi connectivity index (χ4v) is 3.92. The van der Waals surface area contributed by atoms with Gasteiger partial charge in [0, 0.05) is 43.8 Å². The number of ether oxygens (including phenoxy) is 2. The molecule has 1 aliphatic rings. The van der Waals surface area contributed by atoms with E-state index in [2.05, 4.69) is 20.2 Å². The predicted octanol–water partition coefficient (Wildman–Crippen LogP) is 3.38. The number of nitrogens with zero attached hydrogens (tertiary/aromatic N) is 4. The van der Waals surface area contributed by atoms with Crippen LogP contribution in [0.3, 0.4) is 0 Å². The monoisotopic (exact) mass is 457 g/mol. The van der Waals surface area contributed by atoms with Gasteiger partial charge in [0.15, 0.2) is 0 Å².